The van der Waals surface area contributed by atoms with E-state index in [1.54, 1.807) is 6.07 Å². The van der Waals surface area contributed by atoms with Gasteiger partial charge in [-0.05, 0) is 35.1 Å². The third-order valence-corrected chi connectivity index (χ3v) is 5.18. The number of hydrogen-bond acceptors (Lipinski definition) is 3. The van der Waals surface area contributed by atoms with Crippen LogP contribution in [0.25, 0.3) is 11.1 Å². The molecule has 1 aromatic heterocycles. The second-order valence-corrected chi connectivity index (χ2v) is 7.13. The molecular weight excluding hydrogens is 342 g/mol. The monoisotopic (exact) mass is 363 g/mol. The van der Waals surface area contributed by atoms with Gasteiger partial charge in [-0.2, -0.15) is 0 Å². The number of Topliss-reactive ketones (excluding diaryl/α,β-unsaturated/α-hetero) is 1. The van der Waals surface area contributed by atoms with E-state index in [4.69, 9.17) is 0 Å². The molecule has 0 fully saturated rings. The van der Waals surface area contributed by atoms with Crippen LogP contribution < -0.4 is 5.32 Å². The lowest BCUT2D eigenvalue weighted by Crippen LogP contribution is -2.26. The van der Waals surface area contributed by atoms with Crippen LogP contribution in [0, 0.1) is 0 Å². The maximum atomic E-state index is 12.1. The highest BCUT2D eigenvalue weighted by Gasteiger charge is 2.13. The van der Waals surface area contributed by atoms with Crippen molar-refractivity contribution >= 4 is 23.0 Å². The molecule has 3 nitrogen and oxygen atoms in total. The predicted molar refractivity (Wildman–Crippen MR) is 106 cm³/mol. The molecular formula is C22H21NO2S. The van der Waals surface area contributed by atoms with Crippen molar-refractivity contribution in [3.8, 4) is 11.1 Å². The van der Waals surface area contributed by atoms with E-state index in [9.17, 15) is 9.59 Å². The van der Waals surface area contributed by atoms with E-state index in [1.165, 1.54) is 16.9 Å². The Bertz CT molecular complexity index is 855. The number of amides is 1. The van der Waals surface area contributed by atoms with Crippen LogP contribution >= 0.6 is 11.3 Å². The molecule has 0 radical (unpaired) electrons. The summed E-state index contributed by atoms with van der Waals surface area (Å²) < 4.78 is 0. The Morgan fingerprint density at radius 1 is 0.885 bits per heavy atom. The van der Waals surface area contributed by atoms with Gasteiger partial charge in [-0.3, -0.25) is 9.59 Å². The summed E-state index contributed by atoms with van der Waals surface area (Å²) in [6.07, 6.45) is 0.454. The van der Waals surface area contributed by atoms with E-state index in [2.05, 4.69) is 29.6 Å². The molecule has 1 heterocycles. The van der Waals surface area contributed by atoms with Crippen LogP contribution in [-0.4, -0.2) is 11.7 Å². The molecule has 0 aliphatic carbocycles. The molecule has 1 N–H and O–H groups in total. The minimum absolute atomic E-state index is 0.0232. The van der Waals surface area contributed by atoms with E-state index in [0.717, 1.165) is 11.1 Å². The highest BCUT2D eigenvalue weighted by Crippen LogP contribution is 2.22. The van der Waals surface area contributed by atoms with E-state index in [1.807, 2.05) is 48.7 Å². The summed E-state index contributed by atoms with van der Waals surface area (Å²) in [6, 6.07) is 21.9. The number of thiophene rings is 1. The molecule has 0 saturated heterocycles. The van der Waals surface area contributed by atoms with Crippen molar-refractivity contribution in [2.45, 2.75) is 25.8 Å². The van der Waals surface area contributed by atoms with Crippen molar-refractivity contribution in [2.75, 3.05) is 0 Å². The van der Waals surface area contributed by atoms with Gasteiger partial charge in [-0.25, -0.2) is 0 Å². The van der Waals surface area contributed by atoms with Crippen LogP contribution in [0.5, 0.6) is 0 Å². The topological polar surface area (TPSA) is 46.2 Å². The maximum Gasteiger partial charge on any atom is 0.220 e. The molecule has 4 heteroatoms. The molecule has 3 rings (SSSR count). The summed E-state index contributed by atoms with van der Waals surface area (Å²) in [7, 11) is 0. The Hall–Kier alpha value is -2.72. The van der Waals surface area contributed by atoms with Gasteiger partial charge in [-0.15, -0.1) is 11.3 Å². The summed E-state index contributed by atoms with van der Waals surface area (Å²) in [5.74, 6) is -0.0791. The van der Waals surface area contributed by atoms with Crippen LogP contribution in [-0.2, 0) is 4.79 Å². The zero-order valence-corrected chi connectivity index (χ0v) is 15.5. The molecule has 0 spiro atoms. The zero-order chi connectivity index (χ0) is 18.4. The molecule has 132 valence electrons. The summed E-state index contributed by atoms with van der Waals surface area (Å²) in [4.78, 5) is 24.8. The maximum absolute atomic E-state index is 12.1. The second-order valence-electron chi connectivity index (χ2n) is 6.18. The molecule has 0 aliphatic heterocycles. The molecule has 2 aromatic carbocycles. The zero-order valence-electron chi connectivity index (χ0n) is 14.6. The van der Waals surface area contributed by atoms with Crippen molar-refractivity contribution in [1.29, 1.82) is 0 Å². The minimum Gasteiger partial charge on any atom is -0.350 e. The molecule has 1 unspecified atom stereocenters. The van der Waals surface area contributed by atoms with Crippen LogP contribution in [0.3, 0.4) is 0 Å². The van der Waals surface area contributed by atoms with Crippen molar-refractivity contribution in [3.05, 3.63) is 82.6 Å². The third kappa shape index (κ3) is 4.67. The van der Waals surface area contributed by atoms with Crippen LogP contribution in [0.2, 0.25) is 0 Å². The average Bonchev–Trinajstić information content (AvgIpc) is 3.22. The third-order valence-electron chi connectivity index (χ3n) is 4.27. The van der Waals surface area contributed by atoms with Crippen molar-refractivity contribution in [3.63, 3.8) is 0 Å². The second kappa shape index (κ2) is 8.59. The van der Waals surface area contributed by atoms with Gasteiger partial charge < -0.3 is 5.32 Å². The molecule has 26 heavy (non-hydrogen) atoms. The van der Waals surface area contributed by atoms with Gasteiger partial charge in [0.2, 0.25) is 5.91 Å². The first-order chi connectivity index (χ1) is 12.6. The summed E-state index contributed by atoms with van der Waals surface area (Å²) in [6.45, 7) is 1.95. The van der Waals surface area contributed by atoms with Gasteiger partial charge in [0.05, 0.1) is 10.9 Å². The molecule has 1 amide bonds. The number of nitrogens with one attached hydrogen (secondary N) is 1. The predicted octanol–water partition coefficient (Wildman–Crippen LogP) is 5.26. The highest BCUT2D eigenvalue weighted by molar-refractivity contribution is 7.12. The van der Waals surface area contributed by atoms with Gasteiger partial charge in [-0.1, -0.05) is 60.7 Å². The largest absolute Gasteiger partial charge is 0.350 e. The number of carbonyl (C=O) groups excluding carboxylic acids is 2. The van der Waals surface area contributed by atoms with Crippen molar-refractivity contribution in [1.82, 2.24) is 5.32 Å². The lowest BCUT2D eigenvalue weighted by atomic mass is 10.0. The first-order valence-corrected chi connectivity index (χ1v) is 9.53. The van der Waals surface area contributed by atoms with Gasteiger partial charge in [0, 0.05) is 12.8 Å². The molecule has 3 aromatic rings. The number of rotatable bonds is 7. The molecule has 0 aliphatic rings. The Morgan fingerprint density at radius 2 is 1.58 bits per heavy atom. The quantitative estimate of drug-likeness (QED) is 0.582. The average molecular weight is 363 g/mol. The number of benzene rings is 2. The molecule has 1 atom stereocenters. The Kier molecular flexibility index (Phi) is 5.97. The van der Waals surface area contributed by atoms with Crippen LogP contribution in [0.15, 0.2) is 72.1 Å². The Balaban J connectivity index is 1.53. The number of hydrogen-bond donors (Lipinski definition) is 1. The summed E-state index contributed by atoms with van der Waals surface area (Å²) in [5, 5.41) is 4.84. The van der Waals surface area contributed by atoms with Gasteiger partial charge in [0.1, 0.15) is 0 Å². The van der Waals surface area contributed by atoms with Gasteiger partial charge in [0.25, 0.3) is 0 Å². The first-order valence-electron chi connectivity index (χ1n) is 8.65. The SMILES string of the molecule is CC(NC(=O)CCC(=O)c1cccs1)c1ccc(-c2ccccc2)cc1. The standard InChI is InChI=1S/C22H21NO2S/c1-16(23-22(25)14-13-20(24)21-8-5-15-26-21)17-9-11-19(12-10-17)18-6-3-2-4-7-18/h2-12,15-16H,13-14H2,1H3,(H,23,25). The van der Waals surface area contributed by atoms with E-state index in [0.29, 0.717) is 4.88 Å². The van der Waals surface area contributed by atoms with E-state index >= 15 is 0 Å². The van der Waals surface area contributed by atoms with Crippen LogP contribution in [0.4, 0.5) is 0 Å². The van der Waals surface area contributed by atoms with E-state index in [-0.39, 0.29) is 30.6 Å². The fraction of sp³-hybridized carbons (Fsp3) is 0.182. The van der Waals surface area contributed by atoms with Gasteiger partial charge in [0.15, 0.2) is 5.78 Å². The Morgan fingerprint density at radius 3 is 2.23 bits per heavy atom. The fourth-order valence-corrected chi connectivity index (χ4v) is 3.47. The smallest absolute Gasteiger partial charge is 0.220 e. The first kappa shape index (κ1) is 18.1. The summed E-state index contributed by atoms with van der Waals surface area (Å²) >= 11 is 1.41. The van der Waals surface area contributed by atoms with E-state index < -0.39 is 0 Å². The highest BCUT2D eigenvalue weighted by atomic mass is 32.1. The normalized spacial score (nSPS) is 11.7. The number of ketones is 1. The minimum atomic E-state index is -0.102. The van der Waals surface area contributed by atoms with Gasteiger partial charge >= 0.3 is 0 Å². The molecule has 0 bridgehead atoms. The summed E-state index contributed by atoms with van der Waals surface area (Å²) in [5.41, 5.74) is 3.36. The van der Waals surface area contributed by atoms with Crippen molar-refractivity contribution in [2.24, 2.45) is 0 Å². The number of carbonyl (C=O) groups is 2. The fourth-order valence-electron chi connectivity index (χ4n) is 2.78. The lowest BCUT2D eigenvalue weighted by molar-refractivity contribution is -0.121. The Labute approximate surface area is 157 Å². The molecule has 0 saturated carbocycles. The lowest BCUT2D eigenvalue weighted by Gasteiger charge is -2.15. The van der Waals surface area contributed by atoms with Crippen molar-refractivity contribution < 1.29 is 9.59 Å². The van der Waals surface area contributed by atoms with Crippen LogP contribution in [0.1, 0.15) is 41.0 Å².